The number of hydrogen-bond donors (Lipinski definition) is 2. The van der Waals surface area contributed by atoms with Crippen molar-refractivity contribution in [1.82, 2.24) is 10.6 Å². The van der Waals surface area contributed by atoms with Gasteiger partial charge in [0.05, 0.1) is 0 Å². The first-order valence-electron chi connectivity index (χ1n) is 7.61. The van der Waals surface area contributed by atoms with Crippen molar-refractivity contribution in [2.24, 2.45) is 0 Å². The molecule has 0 aromatic heterocycles. The smallest absolute Gasteiger partial charge is 0.220 e. The van der Waals surface area contributed by atoms with Gasteiger partial charge in [0.15, 0.2) is 0 Å². The van der Waals surface area contributed by atoms with Gasteiger partial charge in [-0.2, -0.15) is 0 Å². The molecule has 0 aliphatic rings. The number of halogens is 1. The van der Waals surface area contributed by atoms with Gasteiger partial charge in [0.1, 0.15) is 0 Å². The molecule has 0 saturated heterocycles. The third-order valence-electron chi connectivity index (χ3n) is 3.54. The van der Waals surface area contributed by atoms with E-state index in [0.717, 1.165) is 13.1 Å². The van der Waals surface area contributed by atoms with Gasteiger partial charge in [-0.25, -0.2) is 0 Å². The van der Waals surface area contributed by atoms with Crippen LogP contribution in [0.25, 0.3) is 0 Å². The van der Waals surface area contributed by atoms with Crippen LogP contribution in [0.1, 0.15) is 57.1 Å². The zero-order chi connectivity index (χ0) is 15.0. The maximum Gasteiger partial charge on any atom is 0.220 e. The molecule has 0 bridgehead atoms. The molecule has 1 atom stereocenters. The number of amides is 1. The van der Waals surface area contributed by atoms with Crippen molar-refractivity contribution in [2.45, 2.75) is 46.0 Å². The van der Waals surface area contributed by atoms with E-state index in [0.29, 0.717) is 18.9 Å². The standard InChI is InChI=1S/C17H28N2O.ClH/c1-5-18-10-11-19-17(20)12-14(4)16-8-6-15(7-9-16)13(2)3;/h6-9,13-14,18H,5,10-12H2,1-4H3,(H,19,20);1H. The number of rotatable bonds is 8. The van der Waals surface area contributed by atoms with Gasteiger partial charge in [-0.1, -0.05) is 52.0 Å². The summed E-state index contributed by atoms with van der Waals surface area (Å²) in [6.07, 6.45) is 0.549. The lowest BCUT2D eigenvalue weighted by atomic mass is 9.94. The summed E-state index contributed by atoms with van der Waals surface area (Å²) in [6, 6.07) is 8.62. The third kappa shape index (κ3) is 7.49. The first-order valence-corrected chi connectivity index (χ1v) is 7.61. The summed E-state index contributed by atoms with van der Waals surface area (Å²) in [6.45, 7) is 11.0. The molecule has 1 unspecified atom stereocenters. The van der Waals surface area contributed by atoms with Crippen molar-refractivity contribution in [2.75, 3.05) is 19.6 Å². The fourth-order valence-corrected chi connectivity index (χ4v) is 2.14. The summed E-state index contributed by atoms with van der Waals surface area (Å²) in [4.78, 5) is 11.8. The molecule has 0 saturated carbocycles. The number of nitrogens with one attached hydrogen (secondary N) is 2. The van der Waals surface area contributed by atoms with Crippen molar-refractivity contribution < 1.29 is 4.79 Å². The van der Waals surface area contributed by atoms with E-state index >= 15 is 0 Å². The number of benzene rings is 1. The number of likely N-dealkylation sites (N-methyl/N-ethyl adjacent to an activating group) is 1. The first kappa shape index (κ1) is 19.9. The monoisotopic (exact) mass is 312 g/mol. The lowest BCUT2D eigenvalue weighted by molar-refractivity contribution is -0.121. The second kappa shape index (κ2) is 10.6. The number of carbonyl (C=O) groups excluding carboxylic acids is 1. The van der Waals surface area contributed by atoms with E-state index in [2.05, 4.69) is 62.6 Å². The van der Waals surface area contributed by atoms with Gasteiger partial charge < -0.3 is 10.6 Å². The van der Waals surface area contributed by atoms with Crippen LogP contribution in [0.2, 0.25) is 0 Å². The minimum atomic E-state index is 0. The lowest BCUT2D eigenvalue weighted by Crippen LogP contribution is -2.32. The number of carbonyl (C=O) groups is 1. The summed E-state index contributed by atoms with van der Waals surface area (Å²) in [5, 5.41) is 6.14. The van der Waals surface area contributed by atoms with E-state index in [9.17, 15) is 4.79 Å². The molecular formula is C17H29ClN2O. The average Bonchev–Trinajstić information content (AvgIpc) is 2.43. The molecule has 1 amide bonds. The third-order valence-corrected chi connectivity index (χ3v) is 3.54. The summed E-state index contributed by atoms with van der Waals surface area (Å²) in [5.74, 6) is 0.937. The van der Waals surface area contributed by atoms with Crippen LogP contribution in [0, 0.1) is 0 Å². The van der Waals surface area contributed by atoms with Crippen molar-refractivity contribution in [3.8, 4) is 0 Å². The second-order valence-electron chi connectivity index (χ2n) is 5.63. The van der Waals surface area contributed by atoms with E-state index in [1.807, 2.05) is 0 Å². The minimum absolute atomic E-state index is 0. The fourth-order valence-electron chi connectivity index (χ4n) is 2.14. The van der Waals surface area contributed by atoms with Crippen LogP contribution in [-0.2, 0) is 4.79 Å². The van der Waals surface area contributed by atoms with E-state index in [1.165, 1.54) is 11.1 Å². The minimum Gasteiger partial charge on any atom is -0.355 e. The maximum absolute atomic E-state index is 11.8. The first-order chi connectivity index (χ1) is 9.54. The van der Waals surface area contributed by atoms with Gasteiger partial charge in [0, 0.05) is 19.5 Å². The molecule has 0 spiro atoms. The van der Waals surface area contributed by atoms with Crippen LogP contribution in [0.5, 0.6) is 0 Å². The molecule has 4 heteroatoms. The van der Waals surface area contributed by atoms with Crippen LogP contribution in [-0.4, -0.2) is 25.5 Å². The molecule has 2 N–H and O–H groups in total. The van der Waals surface area contributed by atoms with E-state index in [4.69, 9.17) is 0 Å². The lowest BCUT2D eigenvalue weighted by Gasteiger charge is -2.13. The molecule has 0 radical (unpaired) electrons. The summed E-state index contributed by atoms with van der Waals surface area (Å²) in [7, 11) is 0. The highest BCUT2D eigenvalue weighted by molar-refractivity contribution is 5.85. The predicted molar refractivity (Wildman–Crippen MR) is 92.4 cm³/mol. The topological polar surface area (TPSA) is 41.1 Å². The van der Waals surface area contributed by atoms with Crippen LogP contribution in [0.4, 0.5) is 0 Å². The Kier molecular flexibility index (Phi) is 10.1. The Bertz CT molecular complexity index is 404. The van der Waals surface area contributed by atoms with E-state index in [-0.39, 0.29) is 24.2 Å². The molecule has 120 valence electrons. The van der Waals surface area contributed by atoms with Gasteiger partial charge in [-0.15, -0.1) is 12.4 Å². The average molecular weight is 313 g/mol. The molecule has 1 aromatic rings. The van der Waals surface area contributed by atoms with Crippen molar-refractivity contribution >= 4 is 18.3 Å². The van der Waals surface area contributed by atoms with Crippen LogP contribution in [0.15, 0.2) is 24.3 Å². The number of hydrogen-bond acceptors (Lipinski definition) is 2. The molecular weight excluding hydrogens is 284 g/mol. The zero-order valence-corrected chi connectivity index (χ0v) is 14.4. The highest BCUT2D eigenvalue weighted by Crippen LogP contribution is 2.22. The highest BCUT2D eigenvalue weighted by atomic mass is 35.5. The van der Waals surface area contributed by atoms with Crippen LogP contribution in [0.3, 0.4) is 0 Å². The molecule has 1 rings (SSSR count). The predicted octanol–water partition coefficient (Wildman–Crippen LogP) is 3.45. The molecule has 0 aliphatic heterocycles. The summed E-state index contributed by atoms with van der Waals surface area (Å²) in [5.41, 5.74) is 2.58. The van der Waals surface area contributed by atoms with Gasteiger partial charge in [0.2, 0.25) is 5.91 Å². The summed E-state index contributed by atoms with van der Waals surface area (Å²) < 4.78 is 0. The van der Waals surface area contributed by atoms with Crippen molar-refractivity contribution in [3.63, 3.8) is 0 Å². The zero-order valence-electron chi connectivity index (χ0n) is 13.6. The van der Waals surface area contributed by atoms with E-state index in [1.54, 1.807) is 0 Å². The Balaban J connectivity index is 0.00000400. The quantitative estimate of drug-likeness (QED) is 0.722. The maximum atomic E-state index is 11.8. The van der Waals surface area contributed by atoms with Gasteiger partial charge >= 0.3 is 0 Å². The van der Waals surface area contributed by atoms with Gasteiger partial charge in [0.25, 0.3) is 0 Å². The molecule has 0 heterocycles. The fraction of sp³-hybridized carbons (Fsp3) is 0.588. The van der Waals surface area contributed by atoms with E-state index < -0.39 is 0 Å². The van der Waals surface area contributed by atoms with Crippen LogP contribution < -0.4 is 10.6 Å². The van der Waals surface area contributed by atoms with Crippen molar-refractivity contribution in [3.05, 3.63) is 35.4 Å². The Hall–Kier alpha value is -1.06. The van der Waals surface area contributed by atoms with Crippen molar-refractivity contribution in [1.29, 1.82) is 0 Å². The Morgan fingerprint density at radius 2 is 1.62 bits per heavy atom. The molecule has 0 aliphatic carbocycles. The molecule has 21 heavy (non-hydrogen) atoms. The molecule has 1 aromatic carbocycles. The summed E-state index contributed by atoms with van der Waals surface area (Å²) >= 11 is 0. The van der Waals surface area contributed by atoms with Gasteiger partial charge in [-0.05, 0) is 29.5 Å². The Morgan fingerprint density at radius 3 is 2.14 bits per heavy atom. The second-order valence-corrected chi connectivity index (χ2v) is 5.63. The molecule has 3 nitrogen and oxygen atoms in total. The Labute approximate surface area is 135 Å². The largest absolute Gasteiger partial charge is 0.355 e. The molecule has 0 fully saturated rings. The van der Waals surface area contributed by atoms with Crippen LogP contribution >= 0.6 is 12.4 Å². The normalized spacial score (nSPS) is 11.9. The Morgan fingerprint density at radius 1 is 1.05 bits per heavy atom. The van der Waals surface area contributed by atoms with Gasteiger partial charge in [-0.3, -0.25) is 4.79 Å². The highest BCUT2D eigenvalue weighted by Gasteiger charge is 2.11. The SMILES string of the molecule is CCNCCNC(=O)CC(C)c1ccc(C(C)C)cc1.Cl.